The molecule has 0 aromatic heterocycles. The Morgan fingerprint density at radius 1 is 1.00 bits per heavy atom. The van der Waals surface area contributed by atoms with Gasteiger partial charge in [-0.05, 0) is 30.2 Å². The molecular formula is C18H31NO. The van der Waals surface area contributed by atoms with E-state index in [1.165, 1.54) is 5.56 Å². The summed E-state index contributed by atoms with van der Waals surface area (Å²) >= 11 is 0. The van der Waals surface area contributed by atoms with Crippen molar-refractivity contribution in [2.24, 2.45) is 11.8 Å². The van der Waals surface area contributed by atoms with E-state index in [0.29, 0.717) is 23.8 Å². The van der Waals surface area contributed by atoms with Crippen molar-refractivity contribution in [3.8, 4) is 0 Å². The molecule has 0 amide bonds. The molecule has 2 nitrogen and oxygen atoms in total. The first-order valence-electron chi connectivity index (χ1n) is 7.92. The van der Waals surface area contributed by atoms with Gasteiger partial charge >= 0.3 is 0 Å². The van der Waals surface area contributed by atoms with E-state index < -0.39 is 0 Å². The fourth-order valence-electron chi connectivity index (χ4n) is 2.45. The van der Waals surface area contributed by atoms with Crippen LogP contribution in [0.2, 0.25) is 0 Å². The van der Waals surface area contributed by atoms with Gasteiger partial charge in [0.2, 0.25) is 0 Å². The first-order chi connectivity index (χ1) is 9.56. The van der Waals surface area contributed by atoms with E-state index in [-0.39, 0.29) is 0 Å². The van der Waals surface area contributed by atoms with Crippen molar-refractivity contribution in [1.29, 1.82) is 0 Å². The average Bonchev–Trinajstić information content (AvgIpc) is 2.42. The van der Waals surface area contributed by atoms with Gasteiger partial charge < -0.3 is 10.1 Å². The van der Waals surface area contributed by atoms with Gasteiger partial charge in [0, 0.05) is 19.2 Å². The zero-order chi connectivity index (χ0) is 15.0. The molecule has 0 aliphatic carbocycles. The van der Waals surface area contributed by atoms with E-state index in [1.807, 2.05) is 0 Å². The summed E-state index contributed by atoms with van der Waals surface area (Å²) in [5.41, 5.74) is 1.42. The summed E-state index contributed by atoms with van der Waals surface area (Å²) in [4.78, 5) is 0. The third kappa shape index (κ3) is 5.64. The Morgan fingerprint density at radius 2 is 1.65 bits per heavy atom. The maximum atomic E-state index is 5.59. The maximum absolute atomic E-state index is 5.59. The molecular weight excluding hydrogens is 246 g/mol. The molecule has 0 heterocycles. The van der Waals surface area contributed by atoms with Gasteiger partial charge in [-0.25, -0.2) is 0 Å². The van der Waals surface area contributed by atoms with Crippen LogP contribution in [0.25, 0.3) is 0 Å². The van der Waals surface area contributed by atoms with Crippen molar-refractivity contribution in [2.75, 3.05) is 19.8 Å². The number of nitrogens with one attached hydrogen (secondary N) is 1. The van der Waals surface area contributed by atoms with Crippen molar-refractivity contribution < 1.29 is 4.74 Å². The SMILES string of the molecule is CCOCC(NCC(c1ccccc1)C(C)C)C(C)C. The molecule has 114 valence electrons. The molecule has 1 rings (SSSR count). The Bertz CT molecular complexity index is 348. The lowest BCUT2D eigenvalue weighted by Gasteiger charge is -2.27. The third-order valence-electron chi connectivity index (χ3n) is 3.94. The molecule has 2 atom stereocenters. The lowest BCUT2D eigenvalue weighted by atomic mass is 9.88. The molecule has 1 aromatic carbocycles. The average molecular weight is 277 g/mol. The molecule has 2 unspecified atom stereocenters. The molecule has 0 saturated carbocycles. The lowest BCUT2D eigenvalue weighted by molar-refractivity contribution is 0.107. The molecule has 0 radical (unpaired) electrons. The normalized spacial score (nSPS) is 14.8. The van der Waals surface area contributed by atoms with Crippen LogP contribution in [0.15, 0.2) is 30.3 Å². The second-order valence-corrected chi connectivity index (χ2v) is 6.18. The highest BCUT2D eigenvalue weighted by atomic mass is 16.5. The second kappa shape index (κ2) is 9.15. The van der Waals surface area contributed by atoms with Crippen LogP contribution in [0.4, 0.5) is 0 Å². The van der Waals surface area contributed by atoms with Crippen LogP contribution in [0.1, 0.15) is 46.1 Å². The minimum Gasteiger partial charge on any atom is -0.380 e. The zero-order valence-corrected chi connectivity index (χ0v) is 13.7. The molecule has 1 N–H and O–H groups in total. The van der Waals surface area contributed by atoms with Crippen molar-refractivity contribution in [3.05, 3.63) is 35.9 Å². The van der Waals surface area contributed by atoms with Gasteiger partial charge in [-0.1, -0.05) is 58.0 Å². The van der Waals surface area contributed by atoms with Crippen LogP contribution in [0, 0.1) is 11.8 Å². The summed E-state index contributed by atoms with van der Waals surface area (Å²) in [7, 11) is 0. The van der Waals surface area contributed by atoms with Gasteiger partial charge in [0.1, 0.15) is 0 Å². The van der Waals surface area contributed by atoms with E-state index in [0.717, 1.165) is 19.8 Å². The van der Waals surface area contributed by atoms with Crippen molar-refractivity contribution in [3.63, 3.8) is 0 Å². The second-order valence-electron chi connectivity index (χ2n) is 6.18. The molecule has 0 bridgehead atoms. The Balaban J connectivity index is 2.62. The molecule has 0 saturated heterocycles. The Labute approximate surface area is 124 Å². The molecule has 0 aliphatic heterocycles. The van der Waals surface area contributed by atoms with E-state index >= 15 is 0 Å². The smallest absolute Gasteiger partial charge is 0.0621 e. The zero-order valence-electron chi connectivity index (χ0n) is 13.7. The van der Waals surface area contributed by atoms with Crippen LogP contribution < -0.4 is 5.32 Å². The minimum atomic E-state index is 0.430. The van der Waals surface area contributed by atoms with E-state index in [9.17, 15) is 0 Å². The summed E-state index contributed by atoms with van der Waals surface area (Å²) in [6, 6.07) is 11.2. The molecule has 0 spiro atoms. The van der Waals surface area contributed by atoms with Crippen LogP contribution in [-0.2, 0) is 4.74 Å². The predicted octanol–water partition coefficient (Wildman–Crippen LogP) is 4.08. The maximum Gasteiger partial charge on any atom is 0.0621 e. The van der Waals surface area contributed by atoms with Gasteiger partial charge in [0.15, 0.2) is 0 Å². The molecule has 2 heteroatoms. The summed E-state index contributed by atoms with van der Waals surface area (Å²) in [5, 5.41) is 3.71. The van der Waals surface area contributed by atoms with E-state index in [2.05, 4.69) is 70.3 Å². The van der Waals surface area contributed by atoms with Gasteiger partial charge in [0.05, 0.1) is 6.61 Å². The highest BCUT2D eigenvalue weighted by Crippen LogP contribution is 2.23. The quantitative estimate of drug-likeness (QED) is 0.734. The van der Waals surface area contributed by atoms with Gasteiger partial charge in [0.25, 0.3) is 0 Å². The highest BCUT2D eigenvalue weighted by molar-refractivity contribution is 5.20. The largest absolute Gasteiger partial charge is 0.380 e. The third-order valence-corrected chi connectivity index (χ3v) is 3.94. The van der Waals surface area contributed by atoms with Crippen LogP contribution in [-0.4, -0.2) is 25.8 Å². The monoisotopic (exact) mass is 277 g/mol. The predicted molar refractivity (Wildman–Crippen MR) is 87.1 cm³/mol. The Hall–Kier alpha value is -0.860. The number of hydrogen-bond acceptors (Lipinski definition) is 2. The number of rotatable bonds is 9. The highest BCUT2D eigenvalue weighted by Gasteiger charge is 2.19. The van der Waals surface area contributed by atoms with Gasteiger partial charge in [-0.3, -0.25) is 0 Å². The molecule has 1 aromatic rings. The first-order valence-corrected chi connectivity index (χ1v) is 7.92. The van der Waals surface area contributed by atoms with Gasteiger partial charge in [-0.15, -0.1) is 0 Å². The molecule has 0 aliphatic rings. The standard InChI is InChI=1S/C18H31NO/c1-6-20-13-18(15(4)5)19-12-17(14(2)3)16-10-8-7-9-11-16/h7-11,14-15,17-19H,6,12-13H2,1-5H3. The van der Waals surface area contributed by atoms with Crippen molar-refractivity contribution in [1.82, 2.24) is 5.32 Å². The first kappa shape index (κ1) is 17.2. The van der Waals surface area contributed by atoms with Crippen LogP contribution in [0.3, 0.4) is 0 Å². The summed E-state index contributed by atoms with van der Waals surface area (Å²) in [6.45, 7) is 13.8. The van der Waals surface area contributed by atoms with Crippen molar-refractivity contribution in [2.45, 2.75) is 46.6 Å². The molecule has 20 heavy (non-hydrogen) atoms. The van der Waals surface area contributed by atoms with E-state index in [4.69, 9.17) is 4.74 Å². The summed E-state index contributed by atoms with van der Waals surface area (Å²) in [6.07, 6.45) is 0. The number of benzene rings is 1. The van der Waals surface area contributed by atoms with Gasteiger partial charge in [-0.2, -0.15) is 0 Å². The van der Waals surface area contributed by atoms with E-state index in [1.54, 1.807) is 0 Å². The van der Waals surface area contributed by atoms with Crippen LogP contribution in [0.5, 0.6) is 0 Å². The topological polar surface area (TPSA) is 21.3 Å². The Morgan fingerprint density at radius 3 is 2.15 bits per heavy atom. The molecule has 0 fully saturated rings. The number of ether oxygens (including phenoxy) is 1. The van der Waals surface area contributed by atoms with Crippen molar-refractivity contribution >= 4 is 0 Å². The fraction of sp³-hybridized carbons (Fsp3) is 0.667. The lowest BCUT2D eigenvalue weighted by Crippen LogP contribution is -2.41. The van der Waals surface area contributed by atoms with Crippen LogP contribution >= 0.6 is 0 Å². The Kier molecular flexibility index (Phi) is 7.86. The minimum absolute atomic E-state index is 0.430. The number of hydrogen-bond donors (Lipinski definition) is 1. The summed E-state index contributed by atoms with van der Waals surface area (Å²) in [5.74, 6) is 1.77. The summed E-state index contributed by atoms with van der Waals surface area (Å²) < 4.78 is 5.59. The fourth-order valence-corrected chi connectivity index (χ4v) is 2.45.